The van der Waals surface area contributed by atoms with E-state index in [0.717, 1.165) is 4.57 Å². The van der Waals surface area contributed by atoms with Crippen LogP contribution in [-0.4, -0.2) is 22.2 Å². The Kier molecular flexibility index (Phi) is 4.37. The van der Waals surface area contributed by atoms with Gasteiger partial charge in [-0.3, -0.25) is 9.36 Å². The van der Waals surface area contributed by atoms with E-state index in [2.05, 4.69) is 0 Å². The number of benzene rings is 1. The number of aromatic nitrogens is 2. The maximum absolute atomic E-state index is 12.2. The molecule has 1 heterocycles. The van der Waals surface area contributed by atoms with Crippen LogP contribution in [0.4, 0.5) is 0 Å². The molecule has 0 aliphatic rings. The van der Waals surface area contributed by atoms with Crippen molar-refractivity contribution in [2.24, 2.45) is 0 Å². The molecule has 0 fully saturated rings. The van der Waals surface area contributed by atoms with Gasteiger partial charge in [-0.05, 0) is 18.6 Å². The van der Waals surface area contributed by atoms with Crippen molar-refractivity contribution in [2.75, 3.05) is 7.11 Å². The number of rotatable bonds is 4. The third kappa shape index (κ3) is 2.94. The molecule has 0 atom stereocenters. The number of nitrogens with zero attached hydrogens (tertiary/aromatic N) is 2. The first-order chi connectivity index (χ1) is 10.1. The molecule has 2 rings (SSSR count). The van der Waals surface area contributed by atoms with Gasteiger partial charge in [0.1, 0.15) is 0 Å². The fourth-order valence-corrected chi connectivity index (χ4v) is 2.08. The van der Waals surface area contributed by atoms with Crippen LogP contribution in [0.1, 0.15) is 22.8 Å². The second-order valence-corrected chi connectivity index (χ2v) is 4.46. The molecule has 0 radical (unpaired) electrons. The van der Waals surface area contributed by atoms with Gasteiger partial charge in [0.15, 0.2) is 0 Å². The van der Waals surface area contributed by atoms with Crippen molar-refractivity contribution in [3.8, 4) is 0 Å². The van der Waals surface area contributed by atoms with Gasteiger partial charge in [-0.1, -0.05) is 18.2 Å². The lowest BCUT2D eigenvalue weighted by Crippen LogP contribution is -2.39. The molecule has 0 unspecified atom stereocenters. The minimum atomic E-state index is -0.495. The van der Waals surface area contributed by atoms with E-state index < -0.39 is 17.2 Å². The van der Waals surface area contributed by atoms with Crippen molar-refractivity contribution >= 4 is 5.97 Å². The Morgan fingerprint density at radius 2 is 1.90 bits per heavy atom. The first-order valence-electron chi connectivity index (χ1n) is 6.55. The first-order valence-corrected chi connectivity index (χ1v) is 6.55. The summed E-state index contributed by atoms with van der Waals surface area (Å²) < 4.78 is 7.25. The Balaban J connectivity index is 2.52. The molecule has 0 spiro atoms. The first kappa shape index (κ1) is 14.8. The Morgan fingerprint density at radius 3 is 2.57 bits per heavy atom. The predicted octanol–water partition coefficient (Wildman–Crippen LogP) is 0.865. The third-order valence-corrected chi connectivity index (χ3v) is 3.23. The molecule has 6 heteroatoms. The number of methoxy groups -OCH3 is 1. The Hall–Kier alpha value is -2.63. The lowest BCUT2D eigenvalue weighted by molar-refractivity contribution is 0.0599. The highest BCUT2D eigenvalue weighted by atomic mass is 16.5. The summed E-state index contributed by atoms with van der Waals surface area (Å²) in [5.41, 5.74) is 0.115. The number of hydrogen-bond donors (Lipinski definition) is 0. The zero-order valence-corrected chi connectivity index (χ0v) is 11.9. The minimum Gasteiger partial charge on any atom is -0.465 e. The quantitative estimate of drug-likeness (QED) is 0.783. The number of hydrogen-bond acceptors (Lipinski definition) is 4. The molecule has 0 bridgehead atoms. The van der Waals surface area contributed by atoms with E-state index in [-0.39, 0.29) is 6.54 Å². The summed E-state index contributed by atoms with van der Waals surface area (Å²) in [5.74, 6) is -0.495. The maximum Gasteiger partial charge on any atom is 0.338 e. The van der Waals surface area contributed by atoms with Gasteiger partial charge in [0.05, 0.1) is 19.2 Å². The maximum atomic E-state index is 12.2. The summed E-state index contributed by atoms with van der Waals surface area (Å²) in [6.07, 6.45) is 1.47. The van der Waals surface area contributed by atoms with Crippen LogP contribution >= 0.6 is 0 Å². The van der Waals surface area contributed by atoms with Crippen LogP contribution in [-0.2, 0) is 17.8 Å². The van der Waals surface area contributed by atoms with Gasteiger partial charge >= 0.3 is 11.7 Å². The van der Waals surface area contributed by atoms with Crippen molar-refractivity contribution in [3.63, 3.8) is 0 Å². The number of aryl methyl sites for hydroxylation is 1. The van der Waals surface area contributed by atoms with Crippen LogP contribution in [0.5, 0.6) is 0 Å². The van der Waals surface area contributed by atoms with Crippen molar-refractivity contribution in [1.29, 1.82) is 0 Å². The third-order valence-electron chi connectivity index (χ3n) is 3.23. The molecular weight excluding hydrogens is 272 g/mol. The topological polar surface area (TPSA) is 70.3 Å². The molecule has 0 aliphatic carbocycles. The molecule has 0 saturated carbocycles. The summed E-state index contributed by atoms with van der Waals surface area (Å²) in [5, 5.41) is 0. The largest absolute Gasteiger partial charge is 0.465 e. The van der Waals surface area contributed by atoms with E-state index in [1.54, 1.807) is 24.3 Å². The summed E-state index contributed by atoms with van der Waals surface area (Å²) in [4.78, 5) is 35.8. The predicted molar refractivity (Wildman–Crippen MR) is 77.5 cm³/mol. The SMILES string of the molecule is CCn1ccc(=O)n(Cc2ccccc2C(=O)OC)c1=O. The summed E-state index contributed by atoms with van der Waals surface area (Å²) in [7, 11) is 1.29. The van der Waals surface area contributed by atoms with Crippen molar-refractivity contribution in [2.45, 2.75) is 20.0 Å². The zero-order valence-electron chi connectivity index (χ0n) is 11.9. The van der Waals surface area contributed by atoms with E-state index in [9.17, 15) is 14.4 Å². The number of carbonyl (C=O) groups excluding carboxylic acids is 1. The second-order valence-electron chi connectivity index (χ2n) is 4.46. The fraction of sp³-hybridized carbons (Fsp3) is 0.267. The lowest BCUT2D eigenvalue weighted by Gasteiger charge is -2.11. The summed E-state index contributed by atoms with van der Waals surface area (Å²) in [6.45, 7) is 2.32. The Labute approximate surface area is 121 Å². The van der Waals surface area contributed by atoms with Crippen LogP contribution in [0.2, 0.25) is 0 Å². The summed E-state index contributed by atoms with van der Waals surface area (Å²) >= 11 is 0. The number of carbonyl (C=O) groups is 1. The van der Waals surface area contributed by atoms with E-state index in [4.69, 9.17) is 4.74 Å². The van der Waals surface area contributed by atoms with E-state index in [1.807, 2.05) is 6.92 Å². The van der Waals surface area contributed by atoms with Gasteiger partial charge in [-0.25, -0.2) is 9.59 Å². The zero-order chi connectivity index (χ0) is 15.4. The van der Waals surface area contributed by atoms with Gasteiger partial charge in [-0.2, -0.15) is 0 Å². The number of esters is 1. The van der Waals surface area contributed by atoms with E-state index in [1.165, 1.54) is 23.9 Å². The second kappa shape index (κ2) is 6.21. The van der Waals surface area contributed by atoms with Crippen molar-refractivity contribution < 1.29 is 9.53 Å². The van der Waals surface area contributed by atoms with Gasteiger partial charge < -0.3 is 9.30 Å². The molecule has 110 valence electrons. The molecular formula is C15H16N2O4. The van der Waals surface area contributed by atoms with Crippen LogP contribution in [0.15, 0.2) is 46.1 Å². The molecule has 0 aliphatic heterocycles. The van der Waals surface area contributed by atoms with Gasteiger partial charge in [0, 0.05) is 18.8 Å². The average Bonchev–Trinajstić information content (AvgIpc) is 2.51. The van der Waals surface area contributed by atoms with Crippen molar-refractivity contribution in [3.05, 3.63) is 68.5 Å². The van der Waals surface area contributed by atoms with Crippen LogP contribution in [0.25, 0.3) is 0 Å². The molecule has 1 aromatic carbocycles. The van der Waals surface area contributed by atoms with Gasteiger partial charge in [0.25, 0.3) is 5.56 Å². The van der Waals surface area contributed by atoms with Gasteiger partial charge in [-0.15, -0.1) is 0 Å². The highest BCUT2D eigenvalue weighted by molar-refractivity contribution is 5.90. The minimum absolute atomic E-state index is 0.0315. The van der Waals surface area contributed by atoms with Crippen LogP contribution in [0, 0.1) is 0 Å². The fourth-order valence-electron chi connectivity index (χ4n) is 2.08. The van der Waals surface area contributed by atoms with Crippen molar-refractivity contribution in [1.82, 2.24) is 9.13 Å². The standard InChI is InChI=1S/C15H16N2O4/c1-3-16-9-8-13(18)17(15(16)20)10-11-6-4-5-7-12(11)14(19)21-2/h4-9H,3,10H2,1-2H3. The Morgan fingerprint density at radius 1 is 1.19 bits per heavy atom. The molecule has 21 heavy (non-hydrogen) atoms. The number of ether oxygens (including phenoxy) is 1. The lowest BCUT2D eigenvalue weighted by atomic mass is 10.1. The van der Waals surface area contributed by atoms with Gasteiger partial charge in [0.2, 0.25) is 0 Å². The highest BCUT2D eigenvalue weighted by Gasteiger charge is 2.13. The Bertz CT molecular complexity index is 774. The normalized spacial score (nSPS) is 10.4. The highest BCUT2D eigenvalue weighted by Crippen LogP contribution is 2.10. The van der Waals surface area contributed by atoms with Crippen LogP contribution in [0.3, 0.4) is 0 Å². The monoisotopic (exact) mass is 288 g/mol. The molecule has 1 aromatic heterocycles. The smallest absolute Gasteiger partial charge is 0.338 e. The molecule has 0 N–H and O–H groups in total. The van der Waals surface area contributed by atoms with E-state index >= 15 is 0 Å². The molecule has 2 aromatic rings. The average molecular weight is 288 g/mol. The molecule has 0 amide bonds. The molecule has 0 saturated heterocycles. The van der Waals surface area contributed by atoms with E-state index in [0.29, 0.717) is 17.7 Å². The summed E-state index contributed by atoms with van der Waals surface area (Å²) in [6, 6.07) is 8.09. The van der Waals surface area contributed by atoms with Crippen LogP contribution < -0.4 is 11.2 Å². The molecule has 6 nitrogen and oxygen atoms in total.